The van der Waals surface area contributed by atoms with E-state index in [2.05, 4.69) is 48.5 Å². The highest BCUT2D eigenvalue weighted by atomic mass is 16.2. The Hall–Kier alpha value is -2.13. The van der Waals surface area contributed by atoms with Gasteiger partial charge in [0.05, 0.1) is 12.1 Å². The Morgan fingerprint density at radius 3 is 2.35 bits per heavy atom. The molecule has 26 heavy (non-hydrogen) atoms. The molecule has 0 aromatic carbocycles. The molecule has 1 saturated heterocycles. The number of rotatable bonds is 7. The van der Waals surface area contributed by atoms with Crippen molar-refractivity contribution in [2.75, 3.05) is 50.7 Å². The minimum absolute atomic E-state index is 0.219. The summed E-state index contributed by atoms with van der Waals surface area (Å²) in [6.07, 6.45) is 1.72. The molecule has 1 aromatic heterocycles. The first-order valence-electron chi connectivity index (χ1n) is 9.51. The Morgan fingerprint density at radius 2 is 1.81 bits per heavy atom. The van der Waals surface area contributed by atoms with Gasteiger partial charge in [0.1, 0.15) is 11.9 Å². The standard InChI is InChI=1S/C20H31N5O/c1-16(2)13-25(14-17(3)4)19(26)15-23-8-10-24(11-9-23)20-18(12-21)6-5-7-22-20/h5-7,16-17H,8-11,13-15H2,1-4H3. The van der Waals surface area contributed by atoms with Gasteiger partial charge in [0.25, 0.3) is 0 Å². The summed E-state index contributed by atoms with van der Waals surface area (Å²) in [7, 11) is 0. The summed E-state index contributed by atoms with van der Waals surface area (Å²) in [5.41, 5.74) is 0.608. The van der Waals surface area contributed by atoms with E-state index < -0.39 is 0 Å². The number of piperazine rings is 1. The average Bonchev–Trinajstić information content (AvgIpc) is 2.61. The van der Waals surface area contributed by atoms with Crippen LogP contribution in [0.15, 0.2) is 18.3 Å². The minimum Gasteiger partial charge on any atom is -0.353 e. The van der Waals surface area contributed by atoms with E-state index in [1.54, 1.807) is 18.3 Å². The molecule has 1 fully saturated rings. The van der Waals surface area contributed by atoms with Crippen LogP contribution in [0.4, 0.5) is 5.82 Å². The molecule has 0 spiro atoms. The molecule has 0 unspecified atom stereocenters. The molecular weight excluding hydrogens is 326 g/mol. The first-order valence-corrected chi connectivity index (χ1v) is 9.51. The highest BCUT2D eigenvalue weighted by Gasteiger charge is 2.24. The number of nitrogens with zero attached hydrogens (tertiary/aromatic N) is 5. The zero-order chi connectivity index (χ0) is 19.1. The Balaban J connectivity index is 1.91. The first-order chi connectivity index (χ1) is 12.4. The number of hydrogen-bond donors (Lipinski definition) is 0. The van der Waals surface area contributed by atoms with Crippen LogP contribution in [0.5, 0.6) is 0 Å². The molecule has 1 aliphatic rings. The molecule has 2 heterocycles. The second-order valence-corrected chi connectivity index (χ2v) is 7.84. The van der Waals surface area contributed by atoms with Crippen molar-refractivity contribution < 1.29 is 4.79 Å². The third-order valence-electron chi connectivity index (χ3n) is 4.46. The van der Waals surface area contributed by atoms with Gasteiger partial charge in [0, 0.05) is 45.5 Å². The van der Waals surface area contributed by atoms with Crippen LogP contribution in [0.25, 0.3) is 0 Å². The molecule has 0 radical (unpaired) electrons. The molecule has 1 amide bonds. The van der Waals surface area contributed by atoms with E-state index in [9.17, 15) is 10.1 Å². The Morgan fingerprint density at radius 1 is 1.19 bits per heavy atom. The maximum atomic E-state index is 12.7. The molecule has 0 saturated carbocycles. The van der Waals surface area contributed by atoms with E-state index in [0.29, 0.717) is 23.9 Å². The zero-order valence-corrected chi connectivity index (χ0v) is 16.5. The number of carbonyl (C=O) groups is 1. The molecular formula is C20H31N5O. The van der Waals surface area contributed by atoms with Crippen molar-refractivity contribution in [2.24, 2.45) is 11.8 Å². The van der Waals surface area contributed by atoms with Crippen molar-refractivity contribution in [3.63, 3.8) is 0 Å². The summed E-state index contributed by atoms with van der Waals surface area (Å²) in [5.74, 6) is 1.92. The largest absolute Gasteiger partial charge is 0.353 e. The number of carbonyl (C=O) groups excluding carboxylic acids is 1. The van der Waals surface area contributed by atoms with E-state index in [4.69, 9.17) is 0 Å². The predicted octanol–water partition coefficient (Wildman–Crippen LogP) is 2.22. The van der Waals surface area contributed by atoms with Crippen LogP contribution in [0, 0.1) is 23.2 Å². The van der Waals surface area contributed by atoms with Gasteiger partial charge in [-0.1, -0.05) is 27.7 Å². The number of aromatic nitrogens is 1. The van der Waals surface area contributed by atoms with Crippen molar-refractivity contribution >= 4 is 11.7 Å². The quantitative estimate of drug-likeness (QED) is 0.749. The van der Waals surface area contributed by atoms with Crippen molar-refractivity contribution in [1.82, 2.24) is 14.8 Å². The number of amides is 1. The van der Waals surface area contributed by atoms with Crippen molar-refractivity contribution in [2.45, 2.75) is 27.7 Å². The highest BCUT2D eigenvalue weighted by Crippen LogP contribution is 2.18. The molecule has 142 valence electrons. The fraction of sp³-hybridized carbons (Fsp3) is 0.650. The monoisotopic (exact) mass is 357 g/mol. The van der Waals surface area contributed by atoms with E-state index in [-0.39, 0.29) is 5.91 Å². The van der Waals surface area contributed by atoms with Gasteiger partial charge in [0.2, 0.25) is 5.91 Å². The van der Waals surface area contributed by atoms with Crippen LogP contribution in [-0.4, -0.2) is 66.5 Å². The van der Waals surface area contributed by atoms with Gasteiger partial charge in [-0.2, -0.15) is 5.26 Å². The Labute approximate surface area is 157 Å². The highest BCUT2D eigenvalue weighted by molar-refractivity contribution is 5.78. The predicted molar refractivity (Wildman–Crippen MR) is 104 cm³/mol. The van der Waals surface area contributed by atoms with Crippen LogP contribution in [0.3, 0.4) is 0 Å². The molecule has 6 nitrogen and oxygen atoms in total. The maximum absolute atomic E-state index is 12.7. The molecule has 1 aromatic rings. The molecule has 0 bridgehead atoms. The number of anilines is 1. The van der Waals surface area contributed by atoms with Crippen LogP contribution < -0.4 is 4.90 Å². The van der Waals surface area contributed by atoms with Crippen LogP contribution in [-0.2, 0) is 4.79 Å². The lowest BCUT2D eigenvalue weighted by molar-refractivity contribution is -0.133. The van der Waals surface area contributed by atoms with E-state index in [1.807, 2.05) is 4.90 Å². The number of pyridine rings is 1. The lowest BCUT2D eigenvalue weighted by atomic mass is 10.1. The van der Waals surface area contributed by atoms with Gasteiger partial charge >= 0.3 is 0 Å². The zero-order valence-electron chi connectivity index (χ0n) is 16.5. The van der Waals surface area contributed by atoms with Gasteiger partial charge in [-0.3, -0.25) is 9.69 Å². The van der Waals surface area contributed by atoms with Gasteiger partial charge < -0.3 is 9.80 Å². The summed E-state index contributed by atoms with van der Waals surface area (Å²) in [4.78, 5) is 23.5. The third-order valence-corrected chi connectivity index (χ3v) is 4.46. The average molecular weight is 358 g/mol. The Bertz CT molecular complexity index is 619. The summed E-state index contributed by atoms with van der Waals surface area (Å²) in [6.45, 7) is 13.9. The van der Waals surface area contributed by atoms with Crippen LogP contribution in [0.2, 0.25) is 0 Å². The molecule has 0 atom stereocenters. The fourth-order valence-electron chi connectivity index (χ4n) is 3.31. The maximum Gasteiger partial charge on any atom is 0.236 e. The number of hydrogen-bond acceptors (Lipinski definition) is 5. The summed E-state index contributed by atoms with van der Waals surface area (Å²) in [6, 6.07) is 5.80. The fourth-order valence-corrected chi connectivity index (χ4v) is 3.31. The second kappa shape index (κ2) is 9.54. The van der Waals surface area contributed by atoms with Gasteiger partial charge in [-0.25, -0.2) is 4.98 Å². The van der Waals surface area contributed by atoms with Crippen LogP contribution in [0.1, 0.15) is 33.3 Å². The topological polar surface area (TPSA) is 63.5 Å². The lowest BCUT2D eigenvalue weighted by Gasteiger charge is -2.36. The minimum atomic E-state index is 0.219. The molecule has 0 N–H and O–H groups in total. The lowest BCUT2D eigenvalue weighted by Crippen LogP contribution is -2.51. The normalized spacial score (nSPS) is 15.3. The SMILES string of the molecule is CC(C)CN(CC(C)C)C(=O)CN1CCN(c2ncccc2C#N)CC1. The smallest absolute Gasteiger partial charge is 0.236 e. The summed E-state index contributed by atoms with van der Waals surface area (Å²) in [5, 5.41) is 9.25. The summed E-state index contributed by atoms with van der Waals surface area (Å²) < 4.78 is 0. The van der Waals surface area contributed by atoms with Gasteiger partial charge in [-0.05, 0) is 24.0 Å². The van der Waals surface area contributed by atoms with E-state index >= 15 is 0 Å². The van der Waals surface area contributed by atoms with Crippen molar-refractivity contribution in [1.29, 1.82) is 5.26 Å². The molecule has 0 aliphatic carbocycles. The van der Waals surface area contributed by atoms with Gasteiger partial charge in [0.15, 0.2) is 0 Å². The van der Waals surface area contributed by atoms with E-state index in [1.165, 1.54) is 0 Å². The molecule has 2 rings (SSSR count). The first kappa shape index (κ1) is 20.2. The molecule has 6 heteroatoms. The van der Waals surface area contributed by atoms with Gasteiger partial charge in [-0.15, -0.1) is 0 Å². The van der Waals surface area contributed by atoms with Crippen LogP contribution >= 0.6 is 0 Å². The molecule has 1 aliphatic heterocycles. The Kier molecular flexibility index (Phi) is 7.40. The third kappa shape index (κ3) is 5.70. The second-order valence-electron chi connectivity index (χ2n) is 7.84. The van der Waals surface area contributed by atoms with Crippen molar-refractivity contribution in [3.8, 4) is 6.07 Å². The summed E-state index contributed by atoms with van der Waals surface area (Å²) >= 11 is 0. The van der Waals surface area contributed by atoms with Crippen molar-refractivity contribution in [3.05, 3.63) is 23.9 Å². The number of nitriles is 1. The van der Waals surface area contributed by atoms with E-state index in [0.717, 1.165) is 45.1 Å².